The van der Waals surface area contributed by atoms with E-state index >= 15 is 0 Å². The van der Waals surface area contributed by atoms with E-state index in [9.17, 15) is 35.7 Å². The summed E-state index contributed by atoms with van der Waals surface area (Å²) in [4.78, 5) is 0. The molecule has 7 N–H and O–H groups in total. The Bertz CT molecular complexity index is 450. The van der Waals surface area contributed by atoms with Crippen molar-refractivity contribution < 1.29 is 59.4 Å². The average Bonchev–Trinajstić information content (AvgIpc) is 2.64. The number of methoxy groups -OCH3 is 2. The van der Waals surface area contributed by atoms with Crippen molar-refractivity contribution in [2.45, 2.75) is 61.1 Å². The van der Waals surface area contributed by atoms with Gasteiger partial charge in [0.2, 0.25) is 0 Å². The maximum Gasteiger partial charge on any atom is 0.315 e. The molecular formula is C14H26O12. The van der Waals surface area contributed by atoms with Crippen molar-refractivity contribution in [3.8, 4) is 0 Å². The third kappa shape index (κ3) is 3.87. The zero-order chi connectivity index (χ0) is 19.6. The summed E-state index contributed by atoms with van der Waals surface area (Å²) in [6.07, 6.45) is -14.5. The molecule has 0 radical (unpaired) electrons. The first-order valence-corrected chi connectivity index (χ1v) is 7.96. The van der Waals surface area contributed by atoms with Crippen LogP contribution < -0.4 is 0 Å². The molecule has 2 saturated heterocycles. The Kier molecular flexibility index (Phi) is 7.29. The standard InChI is InChI=1S/C14H26O12/c1-22-4-6-8(17)10(19)12(21)14(23-2,25-6)26-13-11(20)9(18)7(16)5(3-15)24-13/h5-13,15-21H,3-4H2,1-2H3/t5-,6-,7+,8+,9+,10+,11-,12-,13-,14+/m1/s1. The molecule has 2 fully saturated rings. The Balaban J connectivity index is 2.24. The van der Waals surface area contributed by atoms with E-state index in [1.165, 1.54) is 7.11 Å². The number of aliphatic hydroxyl groups is 7. The fraction of sp³-hybridized carbons (Fsp3) is 1.00. The number of hydrogen-bond acceptors (Lipinski definition) is 12. The van der Waals surface area contributed by atoms with E-state index in [0.717, 1.165) is 7.11 Å². The van der Waals surface area contributed by atoms with Crippen LogP contribution in [0.1, 0.15) is 0 Å². The predicted octanol–water partition coefficient (Wildman–Crippen LogP) is -4.77. The highest BCUT2D eigenvalue weighted by molar-refractivity contribution is 4.95. The fourth-order valence-electron chi connectivity index (χ4n) is 2.90. The summed E-state index contributed by atoms with van der Waals surface area (Å²) in [6.45, 7) is -0.879. The van der Waals surface area contributed by atoms with Crippen LogP contribution in [0.3, 0.4) is 0 Å². The van der Waals surface area contributed by atoms with Crippen LogP contribution in [0.5, 0.6) is 0 Å². The van der Waals surface area contributed by atoms with Gasteiger partial charge in [0, 0.05) is 14.2 Å². The van der Waals surface area contributed by atoms with Gasteiger partial charge in [-0.25, -0.2) is 0 Å². The second-order valence-electron chi connectivity index (χ2n) is 6.16. The fourth-order valence-corrected chi connectivity index (χ4v) is 2.90. The van der Waals surface area contributed by atoms with Gasteiger partial charge in [-0.3, -0.25) is 4.74 Å². The van der Waals surface area contributed by atoms with E-state index < -0.39 is 67.7 Å². The molecule has 2 aliphatic rings. The summed E-state index contributed by atoms with van der Waals surface area (Å²) < 4.78 is 25.9. The van der Waals surface area contributed by atoms with Gasteiger partial charge in [-0.15, -0.1) is 0 Å². The molecule has 0 saturated carbocycles. The van der Waals surface area contributed by atoms with Gasteiger partial charge in [0.1, 0.15) is 42.7 Å². The molecule has 10 atom stereocenters. The summed E-state index contributed by atoms with van der Waals surface area (Å²) in [5.41, 5.74) is 0. The first-order valence-electron chi connectivity index (χ1n) is 7.96. The van der Waals surface area contributed by atoms with Crippen LogP contribution in [0.2, 0.25) is 0 Å². The van der Waals surface area contributed by atoms with E-state index in [1.807, 2.05) is 0 Å². The quantitative estimate of drug-likeness (QED) is 0.216. The maximum atomic E-state index is 10.3. The largest absolute Gasteiger partial charge is 0.394 e. The number of aliphatic hydroxyl groups excluding tert-OH is 7. The third-order valence-corrected chi connectivity index (χ3v) is 4.48. The van der Waals surface area contributed by atoms with E-state index in [0.29, 0.717) is 0 Å². The third-order valence-electron chi connectivity index (χ3n) is 4.48. The Morgan fingerprint density at radius 3 is 2.00 bits per heavy atom. The predicted molar refractivity (Wildman–Crippen MR) is 79.4 cm³/mol. The van der Waals surface area contributed by atoms with Crippen LogP contribution in [0, 0.1) is 0 Å². The molecule has 0 aromatic rings. The minimum Gasteiger partial charge on any atom is -0.394 e. The van der Waals surface area contributed by atoms with E-state index in [4.69, 9.17) is 23.7 Å². The molecule has 0 amide bonds. The summed E-state index contributed by atoms with van der Waals surface area (Å²) in [6, 6.07) is 0. The van der Waals surface area contributed by atoms with Gasteiger partial charge < -0.3 is 54.7 Å². The lowest BCUT2D eigenvalue weighted by atomic mass is 9.97. The van der Waals surface area contributed by atoms with Gasteiger partial charge in [-0.1, -0.05) is 0 Å². The highest BCUT2D eigenvalue weighted by Crippen LogP contribution is 2.35. The molecule has 2 aliphatic heterocycles. The monoisotopic (exact) mass is 386 g/mol. The van der Waals surface area contributed by atoms with Crippen molar-refractivity contribution in [1.82, 2.24) is 0 Å². The lowest BCUT2D eigenvalue weighted by Crippen LogP contribution is -2.69. The van der Waals surface area contributed by atoms with Crippen molar-refractivity contribution >= 4 is 0 Å². The molecule has 0 bridgehead atoms. The average molecular weight is 386 g/mol. The molecule has 154 valence electrons. The Morgan fingerprint density at radius 1 is 0.846 bits per heavy atom. The second-order valence-corrected chi connectivity index (χ2v) is 6.16. The summed E-state index contributed by atoms with van der Waals surface area (Å²) in [5, 5.41) is 69.2. The van der Waals surface area contributed by atoms with Gasteiger partial charge in [-0.2, -0.15) is 0 Å². The van der Waals surface area contributed by atoms with E-state index in [1.54, 1.807) is 0 Å². The molecule has 0 spiro atoms. The molecule has 12 nitrogen and oxygen atoms in total. The van der Waals surface area contributed by atoms with Gasteiger partial charge in [0.05, 0.1) is 13.2 Å². The number of hydrogen-bond donors (Lipinski definition) is 7. The van der Waals surface area contributed by atoms with Gasteiger partial charge in [0.15, 0.2) is 12.4 Å². The molecule has 26 heavy (non-hydrogen) atoms. The number of ether oxygens (including phenoxy) is 5. The van der Waals surface area contributed by atoms with Crippen molar-refractivity contribution in [1.29, 1.82) is 0 Å². The van der Waals surface area contributed by atoms with Crippen molar-refractivity contribution in [2.24, 2.45) is 0 Å². The minimum atomic E-state index is -2.39. The lowest BCUT2D eigenvalue weighted by Gasteiger charge is -2.49. The minimum absolute atomic E-state index is 0.186. The topological polar surface area (TPSA) is 188 Å². The van der Waals surface area contributed by atoms with Crippen LogP contribution in [0.25, 0.3) is 0 Å². The highest BCUT2D eigenvalue weighted by atomic mass is 16.9. The maximum absolute atomic E-state index is 10.3. The zero-order valence-corrected chi connectivity index (χ0v) is 14.3. The number of rotatable bonds is 6. The Morgan fingerprint density at radius 2 is 1.46 bits per heavy atom. The molecule has 0 aromatic carbocycles. The molecule has 2 rings (SSSR count). The summed E-state index contributed by atoms with van der Waals surface area (Å²) in [5.74, 6) is -2.39. The summed E-state index contributed by atoms with van der Waals surface area (Å²) >= 11 is 0. The van der Waals surface area contributed by atoms with Crippen molar-refractivity contribution in [3.63, 3.8) is 0 Å². The summed E-state index contributed by atoms with van der Waals surface area (Å²) in [7, 11) is 2.39. The van der Waals surface area contributed by atoms with Gasteiger partial charge >= 0.3 is 5.97 Å². The van der Waals surface area contributed by atoms with Gasteiger partial charge in [0.25, 0.3) is 0 Å². The first-order chi connectivity index (χ1) is 12.2. The molecule has 0 unspecified atom stereocenters. The van der Waals surface area contributed by atoms with Crippen molar-refractivity contribution in [2.75, 3.05) is 27.4 Å². The molecule has 2 heterocycles. The van der Waals surface area contributed by atoms with E-state index in [2.05, 4.69) is 0 Å². The van der Waals surface area contributed by atoms with Crippen LogP contribution >= 0.6 is 0 Å². The normalized spacial score (nSPS) is 50.0. The second kappa shape index (κ2) is 8.68. The van der Waals surface area contributed by atoms with Gasteiger partial charge in [-0.05, 0) is 0 Å². The molecule has 12 heteroatoms. The molecule has 0 aliphatic carbocycles. The first kappa shape index (κ1) is 21.8. The lowest BCUT2D eigenvalue weighted by molar-refractivity contribution is -0.494. The van der Waals surface area contributed by atoms with E-state index in [-0.39, 0.29) is 6.61 Å². The smallest absolute Gasteiger partial charge is 0.315 e. The Hall–Kier alpha value is -0.480. The van der Waals surface area contributed by atoms with Crippen LogP contribution in [0.4, 0.5) is 0 Å². The SMILES string of the molecule is COC[C@H]1O[C@](OC)(O[C@H]2O[C@H](CO)[C@H](O)[C@H](O)[C@H]2O)[C@H](O)[C@@H](O)[C@H]1O. The Labute approximate surface area is 149 Å². The van der Waals surface area contributed by atoms with Crippen molar-refractivity contribution in [3.05, 3.63) is 0 Å². The van der Waals surface area contributed by atoms with Crippen LogP contribution in [-0.4, -0.2) is 124 Å². The van der Waals surface area contributed by atoms with Crippen LogP contribution in [-0.2, 0) is 23.7 Å². The molecular weight excluding hydrogens is 360 g/mol. The zero-order valence-electron chi connectivity index (χ0n) is 14.3. The molecule has 0 aromatic heterocycles. The van der Waals surface area contributed by atoms with Crippen LogP contribution in [0.15, 0.2) is 0 Å². The highest BCUT2D eigenvalue weighted by Gasteiger charge is 2.58.